The summed E-state index contributed by atoms with van der Waals surface area (Å²) < 4.78 is 0.817. The number of aromatic amines is 2. The zero-order valence-corrected chi connectivity index (χ0v) is 17.5. The van der Waals surface area contributed by atoms with Crippen molar-refractivity contribution in [1.82, 2.24) is 15.3 Å². The van der Waals surface area contributed by atoms with E-state index in [0.717, 1.165) is 32.2 Å². The van der Waals surface area contributed by atoms with Gasteiger partial charge in [0, 0.05) is 51.4 Å². The van der Waals surface area contributed by atoms with Gasteiger partial charge in [0.2, 0.25) is 0 Å². The molecule has 0 aliphatic heterocycles. The van der Waals surface area contributed by atoms with Gasteiger partial charge in [0.05, 0.1) is 0 Å². The van der Waals surface area contributed by atoms with E-state index in [2.05, 4.69) is 31.2 Å². The Morgan fingerprint density at radius 3 is 2.66 bits per heavy atom. The molecule has 0 unspecified atom stereocenters. The highest BCUT2D eigenvalue weighted by Crippen LogP contribution is 2.23. The molecule has 146 valence electrons. The number of amides is 1. The Balaban J connectivity index is 1.53. The van der Waals surface area contributed by atoms with E-state index in [4.69, 9.17) is 0 Å². The summed E-state index contributed by atoms with van der Waals surface area (Å²) in [6.45, 7) is 2.07. The highest BCUT2D eigenvalue weighted by molar-refractivity contribution is 9.10. The molecular weight excluding hydrogens is 430 g/mol. The zero-order valence-electron chi connectivity index (χ0n) is 15.9. The molecule has 0 aliphatic carbocycles. The third-order valence-corrected chi connectivity index (χ3v) is 5.41. The van der Waals surface area contributed by atoms with Crippen molar-refractivity contribution in [2.75, 3.05) is 0 Å². The largest absolute Gasteiger partial charge is 0.361 e. The molecule has 2 aromatic carbocycles. The van der Waals surface area contributed by atoms with Crippen LogP contribution < -0.4 is 10.9 Å². The number of aryl methyl sites for hydroxylation is 1. The third-order valence-electron chi connectivity index (χ3n) is 4.96. The van der Waals surface area contributed by atoms with Gasteiger partial charge in [-0.15, -0.1) is 0 Å². The van der Waals surface area contributed by atoms with Crippen LogP contribution in [0.4, 0.5) is 0 Å². The van der Waals surface area contributed by atoms with Gasteiger partial charge < -0.3 is 15.3 Å². The SMILES string of the molecule is Cc1cc(Cc2ccccc2)[nH]c(=O)c1CNC(=O)c1cc(Br)cc2[nH]ccc12. The second kappa shape index (κ2) is 8.09. The van der Waals surface area contributed by atoms with Crippen LogP contribution >= 0.6 is 15.9 Å². The topological polar surface area (TPSA) is 77.8 Å². The molecule has 4 aromatic rings. The van der Waals surface area contributed by atoms with E-state index in [9.17, 15) is 9.59 Å². The van der Waals surface area contributed by atoms with E-state index < -0.39 is 0 Å². The molecule has 2 heterocycles. The summed E-state index contributed by atoms with van der Waals surface area (Å²) in [7, 11) is 0. The molecule has 1 amide bonds. The smallest absolute Gasteiger partial charge is 0.253 e. The molecule has 5 nitrogen and oxygen atoms in total. The van der Waals surface area contributed by atoms with Gasteiger partial charge in [-0.25, -0.2) is 0 Å². The number of carbonyl (C=O) groups is 1. The van der Waals surface area contributed by atoms with Gasteiger partial charge in [0.1, 0.15) is 0 Å². The molecule has 0 radical (unpaired) electrons. The lowest BCUT2D eigenvalue weighted by Crippen LogP contribution is -2.28. The summed E-state index contributed by atoms with van der Waals surface area (Å²) in [5.41, 5.74) is 4.69. The lowest BCUT2D eigenvalue weighted by atomic mass is 10.1. The molecule has 6 heteroatoms. The normalized spacial score (nSPS) is 11.0. The molecule has 0 fully saturated rings. The minimum absolute atomic E-state index is 0.169. The number of hydrogen-bond donors (Lipinski definition) is 3. The van der Waals surface area contributed by atoms with Crippen molar-refractivity contribution < 1.29 is 4.79 Å². The number of pyridine rings is 1. The number of carbonyl (C=O) groups excluding carboxylic acids is 1. The first-order chi connectivity index (χ1) is 14.0. The molecule has 4 rings (SSSR count). The van der Waals surface area contributed by atoms with Crippen molar-refractivity contribution in [3.05, 3.63) is 104 Å². The predicted molar refractivity (Wildman–Crippen MR) is 118 cm³/mol. The van der Waals surface area contributed by atoms with E-state index in [1.165, 1.54) is 0 Å². The summed E-state index contributed by atoms with van der Waals surface area (Å²) in [6, 6.07) is 17.5. The maximum atomic E-state index is 12.8. The van der Waals surface area contributed by atoms with Crippen LogP contribution in [-0.4, -0.2) is 15.9 Å². The number of nitrogens with one attached hydrogen (secondary N) is 3. The van der Waals surface area contributed by atoms with Crippen LogP contribution in [-0.2, 0) is 13.0 Å². The van der Waals surface area contributed by atoms with Crippen LogP contribution in [0.25, 0.3) is 10.9 Å². The first kappa shape index (κ1) is 19.2. The Labute approximate surface area is 176 Å². The summed E-state index contributed by atoms with van der Waals surface area (Å²) in [4.78, 5) is 31.4. The second-order valence-corrected chi connectivity index (χ2v) is 7.94. The second-order valence-electron chi connectivity index (χ2n) is 7.02. The Bertz CT molecular complexity index is 1240. The molecule has 0 saturated heterocycles. The van der Waals surface area contributed by atoms with Crippen molar-refractivity contribution in [3.63, 3.8) is 0 Å². The van der Waals surface area contributed by atoms with Gasteiger partial charge in [0.15, 0.2) is 0 Å². The van der Waals surface area contributed by atoms with Crippen molar-refractivity contribution in [1.29, 1.82) is 0 Å². The van der Waals surface area contributed by atoms with E-state index in [-0.39, 0.29) is 18.0 Å². The minimum Gasteiger partial charge on any atom is -0.361 e. The highest BCUT2D eigenvalue weighted by atomic mass is 79.9. The number of hydrogen-bond acceptors (Lipinski definition) is 2. The third kappa shape index (κ3) is 4.17. The Morgan fingerprint density at radius 2 is 1.90 bits per heavy atom. The van der Waals surface area contributed by atoms with Crippen LogP contribution in [0, 0.1) is 6.92 Å². The van der Waals surface area contributed by atoms with E-state index in [1.807, 2.05) is 55.5 Å². The number of fused-ring (bicyclic) bond motifs is 1. The first-order valence-corrected chi connectivity index (χ1v) is 10.1. The van der Waals surface area contributed by atoms with Gasteiger partial charge >= 0.3 is 0 Å². The van der Waals surface area contributed by atoms with Gasteiger partial charge in [-0.2, -0.15) is 0 Å². The van der Waals surface area contributed by atoms with Crippen LogP contribution in [0.5, 0.6) is 0 Å². The maximum Gasteiger partial charge on any atom is 0.253 e. The molecule has 2 aromatic heterocycles. The number of aromatic nitrogens is 2. The molecule has 0 spiro atoms. The molecule has 0 saturated carbocycles. The molecular formula is C23H20BrN3O2. The average Bonchev–Trinajstić information content (AvgIpc) is 3.15. The molecule has 3 N–H and O–H groups in total. The van der Waals surface area contributed by atoms with Crippen LogP contribution in [0.1, 0.15) is 32.7 Å². The van der Waals surface area contributed by atoms with Crippen LogP contribution in [0.15, 0.2) is 70.1 Å². The standard InChI is InChI=1S/C23H20BrN3O2/c1-14-9-17(10-15-5-3-2-4-6-15)27-23(29)20(14)13-26-22(28)19-11-16(24)12-21-18(19)7-8-25-21/h2-9,11-12,25H,10,13H2,1H3,(H,26,28)(H,27,29). The lowest BCUT2D eigenvalue weighted by Gasteiger charge is -2.11. The summed E-state index contributed by atoms with van der Waals surface area (Å²) in [5, 5.41) is 3.72. The zero-order chi connectivity index (χ0) is 20.4. The van der Waals surface area contributed by atoms with Crippen molar-refractivity contribution in [2.24, 2.45) is 0 Å². The number of benzene rings is 2. The molecule has 29 heavy (non-hydrogen) atoms. The quantitative estimate of drug-likeness (QED) is 0.420. The monoisotopic (exact) mass is 449 g/mol. The number of rotatable bonds is 5. The molecule has 0 atom stereocenters. The Hall–Kier alpha value is -3.12. The lowest BCUT2D eigenvalue weighted by molar-refractivity contribution is 0.0952. The van der Waals surface area contributed by atoms with E-state index in [1.54, 1.807) is 12.3 Å². The summed E-state index contributed by atoms with van der Waals surface area (Å²) in [6.07, 6.45) is 2.46. The fourth-order valence-electron chi connectivity index (χ4n) is 3.50. The molecule has 0 bridgehead atoms. The van der Waals surface area contributed by atoms with Crippen molar-refractivity contribution in [3.8, 4) is 0 Å². The van der Waals surface area contributed by atoms with E-state index in [0.29, 0.717) is 17.5 Å². The summed E-state index contributed by atoms with van der Waals surface area (Å²) >= 11 is 3.44. The number of H-pyrrole nitrogens is 2. The van der Waals surface area contributed by atoms with Gasteiger partial charge in [-0.1, -0.05) is 46.3 Å². The van der Waals surface area contributed by atoms with Crippen molar-refractivity contribution >= 4 is 32.7 Å². The fraction of sp³-hybridized carbons (Fsp3) is 0.130. The van der Waals surface area contributed by atoms with E-state index >= 15 is 0 Å². The maximum absolute atomic E-state index is 12.8. The minimum atomic E-state index is -0.219. The summed E-state index contributed by atoms with van der Waals surface area (Å²) in [5.74, 6) is -0.219. The number of halogens is 1. The average molecular weight is 450 g/mol. The van der Waals surface area contributed by atoms with Gasteiger partial charge in [-0.05, 0) is 42.3 Å². The van der Waals surface area contributed by atoms with Crippen LogP contribution in [0.2, 0.25) is 0 Å². The first-order valence-electron chi connectivity index (χ1n) is 9.31. The molecule has 0 aliphatic rings. The fourth-order valence-corrected chi connectivity index (χ4v) is 3.96. The predicted octanol–water partition coefficient (Wildman–Crippen LogP) is 4.45. The Kier molecular flexibility index (Phi) is 5.36. The van der Waals surface area contributed by atoms with Gasteiger partial charge in [0.25, 0.3) is 11.5 Å². The Morgan fingerprint density at radius 1 is 1.10 bits per heavy atom. The van der Waals surface area contributed by atoms with Crippen molar-refractivity contribution in [2.45, 2.75) is 19.9 Å². The highest BCUT2D eigenvalue weighted by Gasteiger charge is 2.14. The van der Waals surface area contributed by atoms with Gasteiger partial charge in [-0.3, -0.25) is 9.59 Å². The van der Waals surface area contributed by atoms with Crippen LogP contribution in [0.3, 0.4) is 0 Å².